The molecule has 0 amide bonds. The normalized spacial score (nSPS) is 19.9. The molecule has 0 saturated carbocycles. The molecule has 1 radical (unpaired) electrons. The minimum Gasteiger partial charge on any atom is -0.329 e. The first-order valence-corrected chi connectivity index (χ1v) is 15.8. The van der Waals surface area contributed by atoms with Gasteiger partial charge in [-0.2, -0.15) is 23.8 Å². The molecule has 1 aliphatic heterocycles. The van der Waals surface area contributed by atoms with Gasteiger partial charge in [0.1, 0.15) is 11.6 Å². The molecular weight excluding hydrogens is 645 g/mol. The van der Waals surface area contributed by atoms with Crippen LogP contribution in [0.5, 0.6) is 0 Å². The standard InChI is InChI=1S/C35H54F2N7.Y/c1-8-28-11-12-29(24(2)21-32-33(36)25(3)20-26(4)34(32)37)22-31(28)30-10-9-14-42(39)16-17-43(40)18-19-44(15-13-38)41-35(6,7)23-27(30)5;/h12,20,22,30,41H,2,5,8-10,13-19,21,23,38-40H2,1,3-4,6-7H3;/q-1;. The maximum absolute atomic E-state index is 15.0. The summed E-state index contributed by atoms with van der Waals surface area (Å²) < 4.78 is 30.0. The Kier molecular flexibility index (Phi) is 16.1. The Morgan fingerprint density at radius 2 is 1.64 bits per heavy atom. The molecule has 7 nitrogen and oxygen atoms in total. The second-order valence-corrected chi connectivity index (χ2v) is 12.9. The van der Waals surface area contributed by atoms with E-state index in [1.807, 2.05) is 11.1 Å². The van der Waals surface area contributed by atoms with Gasteiger partial charge in [-0.3, -0.25) is 11.7 Å². The van der Waals surface area contributed by atoms with Gasteiger partial charge >= 0.3 is 0 Å². The zero-order chi connectivity index (χ0) is 32.6. The number of aryl methyl sites for hydroxylation is 3. The predicted octanol–water partition coefficient (Wildman–Crippen LogP) is 4.92. The van der Waals surface area contributed by atoms with Gasteiger partial charge in [-0.1, -0.05) is 37.0 Å². The Morgan fingerprint density at radius 3 is 2.24 bits per heavy atom. The first-order valence-electron chi connectivity index (χ1n) is 15.8. The second kappa shape index (κ2) is 18.2. The molecule has 3 rings (SSSR count). The molecule has 0 aliphatic carbocycles. The summed E-state index contributed by atoms with van der Waals surface area (Å²) in [6, 6.07) is 9.05. The molecule has 0 bridgehead atoms. The van der Waals surface area contributed by atoms with Crippen LogP contribution in [0.15, 0.2) is 36.9 Å². The van der Waals surface area contributed by atoms with E-state index >= 15 is 8.78 Å². The third kappa shape index (κ3) is 11.4. The average molecular weight is 700 g/mol. The smallest absolute Gasteiger partial charge is 0.132 e. The third-order valence-electron chi connectivity index (χ3n) is 8.54. The van der Waals surface area contributed by atoms with Crippen LogP contribution in [-0.4, -0.2) is 66.4 Å². The van der Waals surface area contributed by atoms with Crippen LogP contribution in [0.1, 0.15) is 79.3 Å². The molecule has 7 N–H and O–H groups in total. The Hall–Kier alpha value is -1.40. The number of rotatable bonds is 7. The number of hydrazine groups is 3. The molecule has 1 heterocycles. The Labute approximate surface area is 295 Å². The monoisotopic (exact) mass is 699 g/mol. The van der Waals surface area contributed by atoms with E-state index in [9.17, 15) is 0 Å². The van der Waals surface area contributed by atoms with Crippen molar-refractivity contribution in [3.63, 3.8) is 0 Å². The van der Waals surface area contributed by atoms with Crippen LogP contribution in [0.25, 0.3) is 5.57 Å². The van der Waals surface area contributed by atoms with Crippen molar-refractivity contribution in [2.75, 3.05) is 45.8 Å². The molecular formula is C35H54F2N7Y-. The van der Waals surface area contributed by atoms with Gasteiger partial charge in [0.05, 0.1) is 0 Å². The van der Waals surface area contributed by atoms with Crippen LogP contribution in [0, 0.1) is 31.5 Å². The summed E-state index contributed by atoms with van der Waals surface area (Å²) >= 11 is 0. The zero-order valence-corrected chi connectivity index (χ0v) is 31.0. The zero-order valence-electron chi connectivity index (χ0n) is 28.1. The van der Waals surface area contributed by atoms with E-state index in [-0.39, 0.29) is 56.2 Å². The van der Waals surface area contributed by atoms with E-state index < -0.39 is 11.6 Å². The van der Waals surface area contributed by atoms with Crippen molar-refractivity contribution in [3.05, 3.63) is 88.0 Å². The first-order chi connectivity index (χ1) is 20.8. The molecule has 1 aliphatic rings. The van der Waals surface area contributed by atoms with E-state index in [0.29, 0.717) is 49.4 Å². The van der Waals surface area contributed by atoms with Crippen molar-refractivity contribution in [2.24, 2.45) is 17.4 Å². The molecule has 45 heavy (non-hydrogen) atoms. The van der Waals surface area contributed by atoms with Crippen LogP contribution < -0.4 is 22.8 Å². The summed E-state index contributed by atoms with van der Waals surface area (Å²) in [6.45, 7) is 23.4. The van der Waals surface area contributed by atoms with Crippen molar-refractivity contribution in [2.45, 2.75) is 78.2 Å². The quantitative estimate of drug-likeness (QED) is 0.185. The van der Waals surface area contributed by atoms with Gasteiger partial charge < -0.3 is 5.73 Å². The molecule has 2 aromatic rings. The molecule has 0 spiro atoms. The largest absolute Gasteiger partial charge is 0.329 e. The number of hydrogen-bond donors (Lipinski definition) is 4. The summed E-state index contributed by atoms with van der Waals surface area (Å²) in [5.74, 6) is 11.7. The summed E-state index contributed by atoms with van der Waals surface area (Å²) in [5, 5.41) is 5.78. The second-order valence-electron chi connectivity index (χ2n) is 12.9. The first kappa shape index (κ1) is 39.8. The maximum Gasteiger partial charge on any atom is 0.132 e. The number of nitrogens with zero attached hydrogens (tertiary/aromatic N) is 3. The Balaban J connectivity index is 0.00000705. The van der Waals surface area contributed by atoms with Crippen molar-refractivity contribution in [3.8, 4) is 0 Å². The van der Waals surface area contributed by atoms with E-state index in [0.717, 1.165) is 61.0 Å². The maximum atomic E-state index is 15.0. The minimum atomic E-state index is -0.513. The molecule has 1 unspecified atom stereocenters. The molecule has 1 atom stereocenters. The van der Waals surface area contributed by atoms with Gasteiger partial charge in [-0.05, 0) is 64.0 Å². The average Bonchev–Trinajstić information content (AvgIpc) is 2.97. The molecule has 247 valence electrons. The van der Waals surface area contributed by atoms with Gasteiger partial charge in [0, 0.05) is 89.6 Å². The van der Waals surface area contributed by atoms with Gasteiger partial charge in [0.15, 0.2) is 0 Å². The van der Waals surface area contributed by atoms with Crippen LogP contribution in [0.2, 0.25) is 0 Å². The van der Waals surface area contributed by atoms with Crippen LogP contribution >= 0.6 is 0 Å². The van der Waals surface area contributed by atoms with E-state index in [4.69, 9.17) is 17.4 Å². The topological polar surface area (TPSA) is 99.8 Å². The fraction of sp³-hybridized carbons (Fsp3) is 0.543. The number of halogens is 2. The summed E-state index contributed by atoms with van der Waals surface area (Å²) in [6.07, 6.45) is 3.32. The van der Waals surface area contributed by atoms with Gasteiger partial charge in [0.2, 0.25) is 0 Å². The van der Waals surface area contributed by atoms with Crippen molar-refractivity contribution < 1.29 is 41.5 Å². The van der Waals surface area contributed by atoms with E-state index in [1.165, 1.54) is 0 Å². The van der Waals surface area contributed by atoms with Crippen LogP contribution in [-0.2, 0) is 45.6 Å². The Bertz CT molecular complexity index is 1270. The fourth-order valence-electron chi connectivity index (χ4n) is 6.21. The molecule has 1 fully saturated rings. The molecule has 2 aromatic carbocycles. The third-order valence-corrected chi connectivity index (χ3v) is 8.54. The number of nitrogens with two attached hydrogens (primary N) is 3. The SMILES string of the molecule is C=C(Cc1c(F)c(C)cc(C)c1F)c1c[c-]c(CC)c(C2CCCN(N)CCN(N)CCN(CCN)NC(C)(C)CC2=C)c1.[Y]. The molecule has 0 aromatic heterocycles. The number of allylic oxidation sites excluding steroid dienone is 1. The summed E-state index contributed by atoms with van der Waals surface area (Å²) in [5.41, 5.74) is 15.1. The van der Waals surface area contributed by atoms with Crippen molar-refractivity contribution in [1.29, 1.82) is 0 Å². The van der Waals surface area contributed by atoms with Crippen LogP contribution in [0.4, 0.5) is 8.78 Å². The molecule has 1 saturated heterocycles. The number of nitrogens with one attached hydrogen (secondary N) is 1. The van der Waals surface area contributed by atoms with Gasteiger partial charge in [0.25, 0.3) is 0 Å². The predicted molar refractivity (Wildman–Crippen MR) is 178 cm³/mol. The van der Waals surface area contributed by atoms with Gasteiger partial charge in [-0.15, -0.1) is 24.3 Å². The van der Waals surface area contributed by atoms with Gasteiger partial charge in [-0.25, -0.2) is 29.2 Å². The fourth-order valence-corrected chi connectivity index (χ4v) is 6.21. The van der Waals surface area contributed by atoms with Crippen molar-refractivity contribution in [1.82, 2.24) is 20.5 Å². The summed E-state index contributed by atoms with van der Waals surface area (Å²) in [7, 11) is 0. The molecule has 10 heteroatoms. The minimum absolute atomic E-state index is 0. The number of hydrogen-bond acceptors (Lipinski definition) is 7. The number of benzene rings is 2. The van der Waals surface area contributed by atoms with E-state index in [2.05, 4.69) is 56.5 Å². The van der Waals surface area contributed by atoms with E-state index in [1.54, 1.807) is 24.9 Å². The van der Waals surface area contributed by atoms with Crippen molar-refractivity contribution >= 4 is 5.57 Å². The van der Waals surface area contributed by atoms with Crippen LogP contribution in [0.3, 0.4) is 0 Å². The summed E-state index contributed by atoms with van der Waals surface area (Å²) in [4.78, 5) is 0. The Morgan fingerprint density at radius 1 is 1.04 bits per heavy atom.